The summed E-state index contributed by atoms with van der Waals surface area (Å²) < 4.78 is 0. The topological polar surface area (TPSA) is 47.6 Å². The lowest BCUT2D eigenvalue weighted by molar-refractivity contribution is 0.317. The first-order chi connectivity index (χ1) is 4.20. The van der Waals surface area contributed by atoms with E-state index in [1.165, 1.54) is 0 Å². The molecule has 9 heavy (non-hydrogen) atoms. The highest BCUT2D eigenvalue weighted by atomic mass is 16.6. The van der Waals surface area contributed by atoms with Crippen LogP contribution in [0.15, 0.2) is 16.8 Å². The van der Waals surface area contributed by atoms with Crippen LogP contribution in [0, 0.1) is 0 Å². The Kier molecular flexibility index (Phi) is 3.71. The average Bonchev–Trinajstić information content (AvgIpc) is 1.87. The summed E-state index contributed by atoms with van der Waals surface area (Å²) in [7, 11) is 0. The molecule has 0 aromatic carbocycles. The maximum Gasteiger partial charge on any atom is 0.210 e. The van der Waals surface area contributed by atoms with E-state index in [-0.39, 0.29) is 0 Å². The quantitative estimate of drug-likeness (QED) is 0.328. The molecule has 0 aliphatic heterocycles. The summed E-state index contributed by atoms with van der Waals surface area (Å²) in [6.07, 6.45) is 1.88. The first kappa shape index (κ1) is 8.17. The Balaban J connectivity index is 3.95. The number of aliphatic imine (C=N–C) groups is 1. The molecule has 0 fully saturated rings. The molecule has 0 heterocycles. The lowest BCUT2D eigenvalue weighted by atomic mass is 10.5. The van der Waals surface area contributed by atoms with Crippen molar-refractivity contribution in [2.45, 2.75) is 20.8 Å². The third-order valence-electron chi connectivity index (χ3n) is 0.922. The minimum Gasteiger partial charge on any atom is -0.396 e. The van der Waals surface area contributed by atoms with Crippen LogP contribution in [-0.4, -0.2) is 5.90 Å². The fraction of sp³-hybridized carbons (Fsp3) is 0.500. The molecule has 0 aliphatic rings. The van der Waals surface area contributed by atoms with Crippen LogP contribution in [0.5, 0.6) is 0 Å². The molecule has 3 nitrogen and oxygen atoms in total. The molecular weight excluding hydrogens is 116 g/mol. The van der Waals surface area contributed by atoms with Gasteiger partial charge in [0.15, 0.2) is 0 Å². The van der Waals surface area contributed by atoms with E-state index in [0.717, 1.165) is 5.70 Å². The Morgan fingerprint density at radius 3 is 2.44 bits per heavy atom. The molecule has 0 aromatic rings. The molecule has 3 heteroatoms. The van der Waals surface area contributed by atoms with E-state index in [4.69, 9.17) is 5.90 Å². The smallest absolute Gasteiger partial charge is 0.210 e. The van der Waals surface area contributed by atoms with Gasteiger partial charge >= 0.3 is 0 Å². The van der Waals surface area contributed by atoms with Crippen molar-refractivity contribution in [2.24, 2.45) is 10.9 Å². The van der Waals surface area contributed by atoms with Gasteiger partial charge in [-0.15, -0.1) is 0 Å². The average molecular weight is 128 g/mol. The molecule has 0 spiro atoms. The van der Waals surface area contributed by atoms with Crippen LogP contribution in [0.3, 0.4) is 0 Å². The van der Waals surface area contributed by atoms with Crippen molar-refractivity contribution in [3.8, 4) is 0 Å². The van der Waals surface area contributed by atoms with Crippen LogP contribution in [0.1, 0.15) is 20.8 Å². The minimum absolute atomic E-state index is 0.477. The van der Waals surface area contributed by atoms with E-state index in [0.29, 0.717) is 5.90 Å². The highest BCUT2D eigenvalue weighted by Gasteiger charge is 1.85. The van der Waals surface area contributed by atoms with Gasteiger partial charge in [-0.25, -0.2) is 4.99 Å². The van der Waals surface area contributed by atoms with E-state index < -0.39 is 0 Å². The van der Waals surface area contributed by atoms with Gasteiger partial charge in [-0.1, -0.05) is 6.08 Å². The Bertz CT molecular complexity index is 138. The molecule has 0 amide bonds. The predicted molar refractivity (Wildman–Crippen MR) is 37.8 cm³/mol. The molecule has 0 rings (SSSR count). The first-order valence-electron chi connectivity index (χ1n) is 2.75. The summed E-state index contributed by atoms with van der Waals surface area (Å²) in [5, 5.41) is 0. The second-order valence-electron chi connectivity index (χ2n) is 1.68. The molecule has 0 bridgehead atoms. The molecule has 0 radical (unpaired) electrons. The summed E-state index contributed by atoms with van der Waals surface area (Å²) in [5.74, 6) is 5.29. The maximum atomic E-state index is 4.82. The van der Waals surface area contributed by atoms with E-state index in [2.05, 4.69) is 9.83 Å². The maximum absolute atomic E-state index is 4.82. The molecule has 0 saturated heterocycles. The van der Waals surface area contributed by atoms with Gasteiger partial charge in [-0.2, -0.15) is 5.90 Å². The van der Waals surface area contributed by atoms with Crippen molar-refractivity contribution in [2.75, 3.05) is 0 Å². The molecule has 52 valence electrons. The number of nitrogens with two attached hydrogens (primary N) is 1. The number of nitrogens with zero attached hydrogens (tertiary/aromatic N) is 1. The molecule has 0 atom stereocenters. The normalized spacial score (nSPS) is 13.8. The molecule has 2 N–H and O–H groups in total. The minimum atomic E-state index is 0.477. The van der Waals surface area contributed by atoms with Crippen LogP contribution < -0.4 is 5.90 Å². The zero-order valence-electron chi connectivity index (χ0n) is 6.01. The van der Waals surface area contributed by atoms with Crippen molar-refractivity contribution in [3.63, 3.8) is 0 Å². The highest BCUT2D eigenvalue weighted by Crippen LogP contribution is 1.93. The van der Waals surface area contributed by atoms with Gasteiger partial charge in [0.25, 0.3) is 0 Å². The largest absolute Gasteiger partial charge is 0.396 e. The number of hydrogen-bond acceptors (Lipinski definition) is 3. The third kappa shape index (κ3) is 3.73. The lowest BCUT2D eigenvalue weighted by Crippen LogP contribution is -2.05. The van der Waals surface area contributed by atoms with Crippen LogP contribution in [0.2, 0.25) is 0 Å². The molecule has 0 aliphatic carbocycles. The van der Waals surface area contributed by atoms with Gasteiger partial charge in [0.05, 0.1) is 0 Å². The SMILES string of the molecule is C/C=C(/C)N=C(C)ON. The lowest BCUT2D eigenvalue weighted by Gasteiger charge is -1.94. The van der Waals surface area contributed by atoms with Crippen molar-refractivity contribution in [3.05, 3.63) is 11.8 Å². The van der Waals surface area contributed by atoms with E-state index in [1.807, 2.05) is 19.9 Å². The first-order valence-corrected chi connectivity index (χ1v) is 2.75. The molecule has 0 saturated carbocycles. The van der Waals surface area contributed by atoms with Crippen LogP contribution in [-0.2, 0) is 4.84 Å². The molecule has 0 unspecified atom stereocenters. The number of allylic oxidation sites excluding steroid dienone is 2. The second kappa shape index (κ2) is 4.09. The highest BCUT2D eigenvalue weighted by molar-refractivity contribution is 5.73. The Hall–Kier alpha value is -0.830. The summed E-state index contributed by atoms with van der Waals surface area (Å²) >= 11 is 0. The second-order valence-corrected chi connectivity index (χ2v) is 1.68. The van der Waals surface area contributed by atoms with Crippen molar-refractivity contribution in [1.29, 1.82) is 0 Å². The van der Waals surface area contributed by atoms with E-state index in [1.54, 1.807) is 6.92 Å². The van der Waals surface area contributed by atoms with Gasteiger partial charge in [0, 0.05) is 12.6 Å². The zero-order chi connectivity index (χ0) is 7.28. The Labute approximate surface area is 55.2 Å². The fourth-order valence-corrected chi connectivity index (χ4v) is 0.339. The van der Waals surface area contributed by atoms with E-state index >= 15 is 0 Å². The summed E-state index contributed by atoms with van der Waals surface area (Å²) in [6.45, 7) is 5.48. The number of hydrogen-bond donors (Lipinski definition) is 1. The monoisotopic (exact) mass is 128 g/mol. The van der Waals surface area contributed by atoms with Gasteiger partial charge in [0.2, 0.25) is 5.90 Å². The van der Waals surface area contributed by atoms with Crippen molar-refractivity contribution < 1.29 is 4.84 Å². The van der Waals surface area contributed by atoms with Gasteiger partial charge in [-0.3, -0.25) is 0 Å². The summed E-state index contributed by atoms with van der Waals surface area (Å²) in [4.78, 5) is 8.28. The zero-order valence-corrected chi connectivity index (χ0v) is 6.01. The third-order valence-corrected chi connectivity index (χ3v) is 0.922. The van der Waals surface area contributed by atoms with Crippen LogP contribution in [0.4, 0.5) is 0 Å². The standard InChI is InChI=1S/C6H12N2O/c1-4-5(2)8-6(3)9-7/h4H,7H2,1-3H3/b5-4-,8-6?. The Morgan fingerprint density at radius 2 is 2.11 bits per heavy atom. The van der Waals surface area contributed by atoms with Crippen LogP contribution in [0.25, 0.3) is 0 Å². The Morgan fingerprint density at radius 1 is 1.56 bits per heavy atom. The predicted octanol–water partition coefficient (Wildman–Crippen LogP) is 1.22. The van der Waals surface area contributed by atoms with Gasteiger partial charge < -0.3 is 4.84 Å². The number of rotatable bonds is 1. The van der Waals surface area contributed by atoms with Gasteiger partial charge in [0.1, 0.15) is 0 Å². The van der Waals surface area contributed by atoms with Gasteiger partial charge in [-0.05, 0) is 13.8 Å². The van der Waals surface area contributed by atoms with Crippen LogP contribution >= 0.6 is 0 Å². The summed E-state index contributed by atoms with van der Waals surface area (Å²) in [6, 6.07) is 0. The van der Waals surface area contributed by atoms with Crippen molar-refractivity contribution >= 4 is 5.90 Å². The van der Waals surface area contributed by atoms with Crippen molar-refractivity contribution in [1.82, 2.24) is 0 Å². The summed E-state index contributed by atoms with van der Waals surface area (Å²) in [5.41, 5.74) is 0.901. The van der Waals surface area contributed by atoms with E-state index in [9.17, 15) is 0 Å². The molecular formula is C6H12N2O. The molecule has 0 aromatic heterocycles. The fourth-order valence-electron chi connectivity index (χ4n) is 0.339.